The number of aromatic nitrogens is 3. The lowest BCUT2D eigenvalue weighted by atomic mass is 10.2. The van der Waals surface area contributed by atoms with E-state index in [9.17, 15) is 18.0 Å². The number of carbonyl (C=O) groups is 1. The van der Waals surface area contributed by atoms with Gasteiger partial charge in [0, 0.05) is 6.20 Å². The first-order valence-corrected chi connectivity index (χ1v) is 9.68. The molecule has 0 aliphatic heterocycles. The number of alkyl halides is 3. The Kier molecular flexibility index (Phi) is 6.00. The fraction of sp³-hybridized carbons (Fsp3) is 0.188. The molecule has 3 rings (SSSR count). The molecule has 148 valence electrons. The molecule has 1 aromatic carbocycles. The van der Waals surface area contributed by atoms with Gasteiger partial charge in [0.1, 0.15) is 0 Å². The number of hydrogen-bond acceptors (Lipinski definition) is 4. The molecule has 2 aromatic heterocycles. The van der Waals surface area contributed by atoms with Crippen LogP contribution in [0.1, 0.15) is 11.1 Å². The van der Waals surface area contributed by atoms with Crippen LogP contribution in [-0.4, -0.2) is 26.3 Å². The minimum absolute atomic E-state index is 0.0577. The van der Waals surface area contributed by atoms with E-state index in [1.165, 1.54) is 0 Å². The van der Waals surface area contributed by atoms with Crippen LogP contribution in [0.3, 0.4) is 0 Å². The first-order chi connectivity index (χ1) is 13.1. The van der Waals surface area contributed by atoms with E-state index in [-0.39, 0.29) is 32.3 Å². The Labute approximate surface area is 176 Å². The van der Waals surface area contributed by atoms with Crippen LogP contribution in [0.2, 0.25) is 15.1 Å². The normalized spacial score (nSPS) is 11.8. The van der Waals surface area contributed by atoms with Gasteiger partial charge in [-0.3, -0.25) is 9.20 Å². The Morgan fingerprint density at radius 1 is 1.21 bits per heavy atom. The van der Waals surface area contributed by atoms with Gasteiger partial charge in [-0.25, -0.2) is 0 Å². The van der Waals surface area contributed by atoms with Crippen molar-refractivity contribution in [2.45, 2.75) is 18.3 Å². The van der Waals surface area contributed by atoms with Crippen LogP contribution >= 0.6 is 46.6 Å². The van der Waals surface area contributed by atoms with Crippen molar-refractivity contribution < 1.29 is 18.0 Å². The number of thioether (sulfide) groups is 1. The van der Waals surface area contributed by atoms with Gasteiger partial charge in [-0.2, -0.15) is 13.2 Å². The summed E-state index contributed by atoms with van der Waals surface area (Å²) >= 11 is 18.9. The average Bonchev–Trinajstić information content (AvgIpc) is 3.03. The molecular weight excluding hydrogens is 460 g/mol. The number of halogens is 6. The smallest absolute Gasteiger partial charge is 0.323 e. The van der Waals surface area contributed by atoms with Crippen molar-refractivity contribution in [3.05, 3.63) is 50.6 Å². The van der Waals surface area contributed by atoms with Crippen molar-refractivity contribution >= 4 is 63.8 Å². The molecule has 0 bridgehead atoms. The SMILES string of the molecule is Cc1ccc(Cl)c(NC(=O)CSc2nnc3c(Cl)cc(C(F)(F)F)cn23)c1Cl. The van der Waals surface area contributed by atoms with Gasteiger partial charge in [-0.05, 0) is 24.6 Å². The van der Waals surface area contributed by atoms with Gasteiger partial charge in [0.25, 0.3) is 0 Å². The van der Waals surface area contributed by atoms with E-state index in [1.54, 1.807) is 19.1 Å². The molecule has 2 heterocycles. The van der Waals surface area contributed by atoms with Crippen molar-refractivity contribution in [2.75, 3.05) is 11.1 Å². The summed E-state index contributed by atoms with van der Waals surface area (Å²) in [5, 5.41) is 10.6. The summed E-state index contributed by atoms with van der Waals surface area (Å²) in [7, 11) is 0. The molecule has 12 heteroatoms. The molecule has 0 unspecified atom stereocenters. The highest BCUT2D eigenvalue weighted by molar-refractivity contribution is 7.99. The van der Waals surface area contributed by atoms with Crippen molar-refractivity contribution in [1.29, 1.82) is 0 Å². The Morgan fingerprint density at radius 2 is 1.93 bits per heavy atom. The number of nitrogens with zero attached hydrogens (tertiary/aromatic N) is 3. The summed E-state index contributed by atoms with van der Waals surface area (Å²) in [6.07, 6.45) is -3.75. The van der Waals surface area contributed by atoms with E-state index in [4.69, 9.17) is 34.8 Å². The highest BCUT2D eigenvalue weighted by Gasteiger charge is 2.32. The first-order valence-electron chi connectivity index (χ1n) is 7.56. The first kappa shape index (κ1) is 21.0. The van der Waals surface area contributed by atoms with Gasteiger partial charge in [-0.15, -0.1) is 10.2 Å². The molecule has 1 amide bonds. The third-order valence-corrected chi connectivity index (χ3v) is 5.66. The quantitative estimate of drug-likeness (QED) is 0.495. The number of fused-ring (bicyclic) bond motifs is 1. The number of rotatable bonds is 4. The monoisotopic (exact) mass is 468 g/mol. The summed E-state index contributed by atoms with van der Waals surface area (Å²) in [6, 6.07) is 4.08. The summed E-state index contributed by atoms with van der Waals surface area (Å²) in [6.45, 7) is 1.76. The van der Waals surface area contributed by atoms with Gasteiger partial charge < -0.3 is 5.32 Å². The molecule has 5 nitrogen and oxygen atoms in total. The summed E-state index contributed by atoms with van der Waals surface area (Å²) < 4.78 is 40.1. The molecule has 28 heavy (non-hydrogen) atoms. The largest absolute Gasteiger partial charge is 0.417 e. The number of aryl methyl sites for hydroxylation is 1. The van der Waals surface area contributed by atoms with Crippen LogP contribution in [0, 0.1) is 6.92 Å². The van der Waals surface area contributed by atoms with E-state index >= 15 is 0 Å². The van der Waals surface area contributed by atoms with Crippen molar-refractivity contribution in [1.82, 2.24) is 14.6 Å². The fourth-order valence-electron chi connectivity index (χ4n) is 2.26. The molecule has 0 atom stereocenters. The van der Waals surface area contributed by atoms with E-state index in [0.717, 1.165) is 34.0 Å². The summed E-state index contributed by atoms with van der Waals surface area (Å²) in [5.74, 6) is -0.621. The van der Waals surface area contributed by atoms with E-state index in [2.05, 4.69) is 15.5 Å². The zero-order valence-electron chi connectivity index (χ0n) is 13.9. The number of anilines is 1. The van der Waals surface area contributed by atoms with Crippen LogP contribution in [-0.2, 0) is 11.0 Å². The van der Waals surface area contributed by atoms with Crippen LogP contribution in [0.4, 0.5) is 18.9 Å². The Hall–Kier alpha value is -1.68. The van der Waals surface area contributed by atoms with Gasteiger partial charge in [0.2, 0.25) is 5.91 Å². The molecule has 0 aliphatic carbocycles. The van der Waals surface area contributed by atoms with E-state index in [1.807, 2.05) is 0 Å². The lowest BCUT2D eigenvalue weighted by Crippen LogP contribution is -2.15. The second kappa shape index (κ2) is 7.98. The van der Waals surface area contributed by atoms with Gasteiger partial charge in [0.15, 0.2) is 10.8 Å². The predicted molar refractivity (Wildman–Crippen MR) is 104 cm³/mol. The Balaban J connectivity index is 1.80. The van der Waals surface area contributed by atoms with Gasteiger partial charge in [-0.1, -0.05) is 52.6 Å². The minimum Gasteiger partial charge on any atom is -0.323 e. The third kappa shape index (κ3) is 4.32. The fourth-order valence-corrected chi connectivity index (χ4v) is 3.68. The maximum atomic E-state index is 13.0. The van der Waals surface area contributed by atoms with Crippen molar-refractivity contribution in [3.8, 4) is 0 Å². The number of amides is 1. The zero-order chi connectivity index (χ0) is 20.6. The molecule has 3 aromatic rings. The Bertz CT molecular complexity index is 1070. The Morgan fingerprint density at radius 3 is 2.61 bits per heavy atom. The van der Waals surface area contributed by atoms with Gasteiger partial charge in [0.05, 0.1) is 32.1 Å². The number of hydrogen-bond donors (Lipinski definition) is 1. The molecule has 1 N–H and O–H groups in total. The molecule has 0 saturated heterocycles. The topological polar surface area (TPSA) is 59.3 Å². The van der Waals surface area contributed by atoms with Gasteiger partial charge >= 0.3 is 6.18 Å². The molecule has 0 spiro atoms. The maximum absolute atomic E-state index is 13.0. The van der Waals surface area contributed by atoms with Crippen molar-refractivity contribution in [3.63, 3.8) is 0 Å². The van der Waals surface area contributed by atoms with Crippen LogP contribution in [0.5, 0.6) is 0 Å². The highest BCUT2D eigenvalue weighted by atomic mass is 35.5. The molecule has 0 aliphatic rings. The molecule has 0 saturated carbocycles. The van der Waals surface area contributed by atoms with Crippen LogP contribution < -0.4 is 5.32 Å². The minimum atomic E-state index is -4.58. The van der Waals surface area contributed by atoms with Crippen molar-refractivity contribution in [2.24, 2.45) is 0 Å². The number of benzene rings is 1. The summed E-state index contributed by atoms with van der Waals surface area (Å²) in [5.41, 5.74) is 0.103. The number of nitrogens with one attached hydrogen (secondary N) is 1. The molecule has 0 radical (unpaired) electrons. The summed E-state index contributed by atoms with van der Waals surface area (Å²) in [4.78, 5) is 12.2. The lowest BCUT2D eigenvalue weighted by molar-refractivity contribution is -0.137. The predicted octanol–water partition coefficient (Wildman–Crippen LogP) is 5.75. The second-order valence-corrected chi connectivity index (χ2v) is 7.78. The van der Waals surface area contributed by atoms with E-state index < -0.39 is 17.6 Å². The molecular formula is C16H10Cl3F3N4OS. The number of pyridine rings is 1. The zero-order valence-corrected chi connectivity index (χ0v) is 17.0. The lowest BCUT2D eigenvalue weighted by Gasteiger charge is -2.11. The van der Waals surface area contributed by atoms with E-state index in [0.29, 0.717) is 5.02 Å². The van der Waals surface area contributed by atoms with Crippen LogP contribution in [0.25, 0.3) is 5.65 Å². The number of carbonyl (C=O) groups excluding carboxylic acids is 1. The average molecular weight is 470 g/mol. The van der Waals surface area contributed by atoms with Crippen LogP contribution in [0.15, 0.2) is 29.6 Å². The standard InChI is InChI=1S/C16H10Cl3F3N4OS/c1-7-2-3-9(17)13(12(7)19)23-11(27)6-28-15-25-24-14-10(18)4-8(5-26(14)15)16(20,21)22/h2-5H,6H2,1H3,(H,23,27). The third-order valence-electron chi connectivity index (χ3n) is 3.64. The molecule has 0 fully saturated rings. The highest BCUT2D eigenvalue weighted by Crippen LogP contribution is 2.34. The maximum Gasteiger partial charge on any atom is 0.417 e. The second-order valence-electron chi connectivity index (χ2n) is 5.64.